The van der Waals surface area contributed by atoms with E-state index < -0.39 is 15.9 Å². The summed E-state index contributed by atoms with van der Waals surface area (Å²) in [7, 11) is 0.819. The van der Waals surface area contributed by atoms with Gasteiger partial charge in [-0.05, 0) is 36.4 Å². The van der Waals surface area contributed by atoms with Gasteiger partial charge in [0.15, 0.2) is 4.34 Å². The highest BCUT2D eigenvalue weighted by molar-refractivity contribution is 8.01. The zero-order valence-electron chi connectivity index (χ0n) is 17.9. The number of carbonyl (C=O) groups is 2. The monoisotopic (exact) mass is 507 g/mol. The molecule has 10 nitrogen and oxygen atoms in total. The molecular weight excluding hydrogens is 486 g/mol. The van der Waals surface area contributed by atoms with Gasteiger partial charge in [0, 0.05) is 19.7 Å². The van der Waals surface area contributed by atoms with E-state index in [1.54, 1.807) is 24.3 Å². The number of para-hydroxylation sites is 2. The lowest BCUT2D eigenvalue weighted by Crippen LogP contribution is -2.22. The Morgan fingerprint density at radius 2 is 1.76 bits per heavy atom. The second-order valence-corrected chi connectivity index (χ2v) is 11.0. The maximum absolute atomic E-state index is 12.4. The first-order valence-electron chi connectivity index (χ1n) is 9.44. The Hall–Kier alpha value is -3.00. The second kappa shape index (κ2) is 10.7. The minimum absolute atomic E-state index is 0.0880. The summed E-state index contributed by atoms with van der Waals surface area (Å²) in [4.78, 5) is 24.7. The second-order valence-electron chi connectivity index (χ2n) is 6.68. The number of nitrogens with one attached hydrogen (secondary N) is 2. The zero-order valence-corrected chi connectivity index (χ0v) is 20.4. The van der Waals surface area contributed by atoms with Crippen molar-refractivity contribution in [3.05, 3.63) is 54.1 Å². The topological polar surface area (TPSA) is 131 Å². The molecule has 0 bridgehead atoms. The quantitative estimate of drug-likeness (QED) is 0.334. The molecule has 2 aromatic carbocycles. The van der Waals surface area contributed by atoms with Gasteiger partial charge < -0.3 is 10.1 Å². The van der Waals surface area contributed by atoms with Crippen LogP contribution in [-0.4, -0.2) is 61.7 Å². The third kappa shape index (κ3) is 6.28. The van der Waals surface area contributed by atoms with Crippen LogP contribution in [0.2, 0.25) is 0 Å². The van der Waals surface area contributed by atoms with Crippen LogP contribution in [0.3, 0.4) is 0 Å². The molecule has 0 saturated heterocycles. The number of benzene rings is 2. The largest absolute Gasteiger partial charge is 0.495 e. The first kappa shape index (κ1) is 24.6. The Labute approximate surface area is 199 Å². The fraction of sp³-hybridized carbons (Fsp3) is 0.200. The lowest BCUT2D eigenvalue weighted by Gasteiger charge is -2.11. The Balaban J connectivity index is 1.55. The predicted molar refractivity (Wildman–Crippen MR) is 128 cm³/mol. The summed E-state index contributed by atoms with van der Waals surface area (Å²) in [5.74, 6) is -0.0322. The molecule has 0 spiro atoms. The number of ether oxygens (including phenoxy) is 1. The Bertz CT molecular complexity index is 1240. The summed E-state index contributed by atoms with van der Waals surface area (Å²) in [6.45, 7) is 0. The normalized spacial score (nSPS) is 11.3. The molecule has 13 heteroatoms. The van der Waals surface area contributed by atoms with Crippen molar-refractivity contribution in [1.82, 2.24) is 14.5 Å². The first-order valence-corrected chi connectivity index (χ1v) is 12.7. The van der Waals surface area contributed by atoms with Crippen LogP contribution in [-0.2, 0) is 14.8 Å². The first-order chi connectivity index (χ1) is 15.7. The van der Waals surface area contributed by atoms with E-state index in [-0.39, 0.29) is 27.3 Å². The Morgan fingerprint density at radius 3 is 2.42 bits per heavy atom. The number of amides is 2. The molecule has 3 rings (SSSR count). The molecule has 33 heavy (non-hydrogen) atoms. The smallest absolute Gasteiger partial charge is 0.257 e. The van der Waals surface area contributed by atoms with Gasteiger partial charge >= 0.3 is 0 Å². The number of hydrogen-bond acceptors (Lipinski definition) is 9. The van der Waals surface area contributed by atoms with Gasteiger partial charge in [0.1, 0.15) is 5.75 Å². The minimum Gasteiger partial charge on any atom is -0.495 e. The van der Waals surface area contributed by atoms with E-state index in [0.29, 0.717) is 15.8 Å². The number of methoxy groups -OCH3 is 1. The average Bonchev–Trinajstić information content (AvgIpc) is 3.25. The zero-order chi connectivity index (χ0) is 24.0. The Morgan fingerprint density at radius 1 is 1.06 bits per heavy atom. The van der Waals surface area contributed by atoms with Gasteiger partial charge in [-0.2, -0.15) is 0 Å². The number of carbonyl (C=O) groups excluding carboxylic acids is 2. The number of sulfonamides is 1. The number of anilines is 2. The highest BCUT2D eigenvalue weighted by Gasteiger charge is 2.18. The van der Waals surface area contributed by atoms with E-state index in [2.05, 4.69) is 20.8 Å². The van der Waals surface area contributed by atoms with Crippen molar-refractivity contribution in [2.45, 2.75) is 9.24 Å². The van der Waals surface area contributed by atoms with E-state index in [1.807, 2.05) is 0 Å². The molecule has 2 amide bonds. The summed E-state index contributed by atoms with van der Waals surface area (Å²) in [5.41, 5.74) is 0.841. The molecule has 174 valence electrons. The van der Waals surface area contributed by atoms with Crippen LogP contribution in [0.1, 0.15) is 10.4 Å². The molecule has 0 saturated carbocycles. The van der Waals surface area contributed by atoms with Crippen LogP contribution >= 0.6 is 23.1 Å². The molecule has 0 fully saturated rings. The van der Waals surface area contributed by atoms with Crippen molar-refractivity contribution in [2.24, 2.45) is 0 Å². The number of thioether (sulfide) groups is 1. The van der Waals surface area contributed by atoms with Crippen molar-refractivity contribution in [1.29, 1.82) is 0 Å². The van der Waals surface area contributed by atoms with Gasteiger partial charge in [-0.15, -0.1) is 10.2 Å². The summed E-state index contributed by atoms with van der Waals surface area (Å²) >= 11 is 2.31. The fourth-order valence-electron chi connectivity index (χ4n) is 2.54. The van der Waals surface area contributed by atoms with Crippen molar-refractivity contribution >= 4 is 55.8 Å². The van der Waals surface area contributed by atoms with Crippen LogP contribution in [0, 0.1) is 0 Å². The summed E-state index contributed by atoms with van der Waals surface area (Å²) < 4.78 is 31.1. The molecule has 1 heterocycles. The molecule has 0 unspecified atom stereocenters. The van der Waals surface area contributed by atoms with Crippen LogP contribution in [0.5, 0.6) is 5.75 Å². The van der Waals surface area contributed by atoms with Gasteiger partial charge in [0.25, 0.3) is 5.91 Å². The summed E-state index contributed by atoms with van der Waals surface area (Å²) in [5, 5.41) is 13.5. The van der Waals surface area contributed by atoms with E-state index in [9.17, 15) is 18.0 Å². The number of aromatic nitrogens is 2. The number of rotatable bonds is 9. The average molecular weight is 508 g/mol. The van der Waals surface area contributed by atoms with Gasteiger partial charge in [0.05, 0.1) is 23.4 Å². The standard InChI is InChI=1S/C20H21N5O5S3/c1-25(2)33(28,29)14-10-8-13(9-11-14)18(27)22-19-23-24-20(32-19)31-12-17(26)21-15-6-4-5-7-16(15)30-3/h4-11H,12H2,1-3H3,(H,21,26)(H,22,23,27). The molecule has 3 aromatic rings. The molecule has 0 aliphatic rings. The molecule has 0 aliphatic heterocycles. The van der Waals surface area contributed by atoms with Gasteiger partial charge in [-0.1, -0.05) is 35.2 Å². The molecule has 2 N–H and O–H groups in total. The van der Waals surface area contributed by atoms with E-state index in [4.69, 9.17) is 4.74 Å². The molecule has 1 aromatic heterocycles. The van der Waals surface area contributed by atoms with Gasteiger partial charge in [-0.3, -0.25) is 14.9 Å². The van der Waals surface area contributed by atoms with Crippen LogP contribution in [0.25, 0.3) is 0 Å². The molecule has 0 aliphatic carbocycles. The third-order valence-electron chi connectivity index (χ3n) is 4.23. The highest BCUT2D eigenvalue weighted by atomic mass is 32.2. The minimum atomic E-state index is -3.57. The lowest BCUT2D eigenvalue weighted by molar-refractivity contribution is -0.113. The van der Waals surface area contributed by atoms with Crippen LogP contribution in [0.15, 0.2) is 57.8 Å². The summed E-state index contributed by atoms with van der Waals surface area (Å²) in [6, 6.07) is 12.7. The van der Waals surface area contributed by atoms with Gasteiger partial charge in [0.2, 0.25) is 21.1 Å². The molecular formula is C20H21N5O5S3. The van der Waals surface area contributed by atoms with Crippen molar-refractivity contribution in [3.8, 4) is 5.75 Å². The summed E-state index contributed by atoms with van der Waals surface area (Å²) in [6.07, 6.45) is 0. The van der Waals surface area contributed by atoms with E-state index >= 15 is 0 Å². The lowest BCUT2D eigenvalue weighted by atomic mass is 10.2. The fourth-order valence-corrected chi connectivity index (χ4v) is 4.99. The van der Waals surface area contributed by atoms with Gasteiger partial charge in [-0.25, -0.2) is 12.7 Å². The number of hydrogen-bond donors (Lipinski definition) is 2. The predicted octanol–water partition coefficient (Wildman–Crippen LogP) is 2.78. The number of nitrogens with zero attached hydrogens (tertiary/aromatic N) is 3. The van der Waals surface area contributed by atoms with E-state index in [1.165, 1.54) is 57.2 Å². The van der Waals surface area contributed by atoms with Crippen molar-refractivity contribution in [2.75, 3.05) is 37.6 Å². The van der Waals surface area contributed by atoms with Crippen molar-refractivity contribution in [3.63, 3.8) is 0 Å². The third-order valence-corrected chi connectivity index (χ3v) is 8.03. The Kier molecular flexibility index (Phi) is 8.02. The maximum Gasteiger partial charge on any atom is 0.257 e. The SMILES string of the molecule is COc1ccccc1NC(=O)CSc1nnc(NC(=O)c2ccc(S(=O)(=O)N(C)C)cc2)s1. The highest BCUT2D eigenvalue weighted by Crippen LogP contribution is 2.27. The maximum atomic E-state index is 12.4. The van der Waals surface area contributed by atoms with E-state index in [0.717, 1.165) is 15.6 Å². The van der Waals surface area contributed by atoms with Crippen molar-refractivity contribution < 1.29 is 22.7 Å². The van der Waals surface area contributed by atoms with Crippen LogP contribution < -0.4 is 15.4 Å². The van der Waals surface area contributed by atoms with Crippen LogP contribution in [0.4, 0.5) is 10.8 Å². The molecule has 0 atom stereocenters. The molecule has 0 radical (unpaired) electrons.